The van der Waals surface area contributed by atoms with Crippen LogP contribution in [0, 0.1) is 6.92 Å². The number of methoxy groups -OCH3 is 1. The second-order valence-electron chi connectivity index (χ2n) is 6.08. The normalized spacial score (nSPS) is 11.2. The number of fused-ring (bicyclic) bond motifs is 3. The van der Waals surface area contributed by atoms with E-state index in [2.05, 4.69) is 15.5 Å². The van der Waals surface area contributed by atoms with Crippen molar-refractivity contribution in [1.82, 2.24) is 19.3 Å². The summed E-state index contributed by atoms with van der Waals surface area (Å²) in [5.41, 5.74) is 6.13. The Morgan fingerprint density at radius 1 is 1.22 bits per heavy atom. The molecule has 0 spiro atoms. The fourth-order valence-electron chi connectivity index (χ4n) is 3.10. The van der Waals surface area contributed by atoms with E-state index in [4.69, 9.17) is 4.74 Å². The Labute approximate surface area is 154 Å². The average molecular weight is 363 g/mol. The number of rotatable bonds is 4. The lowest BCUT2D eigenvalue weighted by Crippen LogP contribution is -2.34. The number of carbonyl (C=O) groups is 1. The molecule has 0 aliphatic carbocycles. The number of nitrogens with one attached hydrogen (secondary N) is 1. The minimum atomic E-state index is -0.422. The van der Waals surface area contributed by atoms with Crippen LogP contribution in [0.4, 0.5) is 0 Å². The van der Waals surface area contributed by atoms with Crippen molar-refractivity contribution >= 4 is 22.5 Å². The van der Waals surface area contributed by atoms with Crippen molar-refractivity contribution in [2.45, 2.75) is 6.92 Å². The number of aryl methyl sites for hydroxylation is 1. The number of hydrogen-bond acceptors (Lipinski definition) is 5. The molecule has 27 heavy (non-hydrogen) atoms. The summed E-state index contributed by atoms with van der Waals surface area (Å²) in [5.74, 6) is -0.422. The van der Waals surface area contributed by atoms with Gasteiger partial charge >= 0.3 is 0 Å². The molecule has 1 N–H and O–H groups in total. The lowest BCUT2D eigenvalue weighted by atomic mass is 10.1. The van der Waals surface area contributed by atoms with Crippen LogP contribution in [0.5, 0.6) is 0 Å². The first-order valence-corrected chi connectivity index (χ1v) is 8.34. The zero-order valence-electron chi connectivity index (χ0n) is 14.8. The molecule has 0 unspecified atom stereocenters. The van der Waals surface area contributed by atoms with Gasteiger partial charge in [-0.05, 0) is 18.6 Å². The van der Waals surface area contributed by atoms with Crippen molar-refractivity contribution in [3.63, 3.8) is 0 Å². The smallest absolute Gasteiger partial charge is 0.280 e. The molecular weight excluding hydrogens is 346 g/mol. The van der Waals surface area contributed by atoms with Gasteiger partial charge in [0.15, 0.2) is 5.65 Å². The third-order valence-electron chi connectivity index (χ3n) is 4.27. The van der Waals surface area contributed by atoms with Crippen LogP contribution in [0.15, 0.2) is 53.6 Å². The topological polar surface area (TPSA) is 90.5 Å². The zero-order chi connectivity index (χ0) is 19.0. The number of hydrogen-bond donors (Lipinski definition) is 1. The highest BCUT2D eigenvalue weighted by molar-refractivity contribution is 5.87. The molecule has 4 aromatic rings. The molecule has 3 heterocycles. The van der Waals surface area contributed by atoms with Gasteiger partial charge in [0.25, 0.3) is 11.5 Å². The van der Waals surface area contributed by atoms with E-state index in [9.17, 15) is 9.59 Å². The fourth-order valence-corrected chi connectivity index (χ4v) is 3.10. The van der Waals surface area contributed by atoms with E-state index in [1.807, 2.05) is 37.3 Å². The first-order chi connectivity index (χ1) is 13.1. The standard InChI is InChI=1S/C19H17N5O3/c1-12-17(13-6-4-3-5-7-13)18-20-10-14-15(24(18)21-12)8-9-23(19(14)26)22-16(25)11-27-2/h3-10H,11H2,1-2H3,(H,22,25). The average Bonchev–Trinajstić information content (AvgIpc) is 3.01. The quantitative estimate of drug-likeness (QED) is 0.596. The van der Waals surface area contributed by atoms with Gasteiger partial charge in [-0.3, -0.25) is 15.0 Å². The minimum absolute atomic E-state index is 0.138. The Morgan fingerprint density at radius 2 is 2.00 bits per heavy atom. The van der Waals surface area contributed by atoms with Crippen LogP contribution < -0.4 is 11.0 Å². The molecule has 1 amide bonds. The van der Waals surface area contributed by atoms with Gasteiger partial charge in [0, 0.05) is 25.1 Å². The fraction of sp³-hybridized carbons (Fsp3) is 0.158. The van der Waals surface area contributed by atoms with Gasteiger partial charge in [-0.1, -0.05) is 30.3 Å². The number of ether oxygens (including phenoxy) is 1. The molecule has 4 rings (SSSR count). The van der Waals surface area contributed by atoms with Crippen LogP contribution in [0.25, 0.3) is 27.7 Å². The van der Waals surface area contributed by atoms with E-state index in [-0.39, 0.29) is 12.2 Å². The van der Waals surface area contributed by atoms with Gasteiger partial charge in [-0.2, -0.15) is 5.10 Å². The predicted octanol–water partition coefficient (Wildman–Crippen LogP) is 1.74. The van der Waals surface area contributed by atoms with Crippen molar-refractivity contribution < 1.29 is 9.53 Å². The van der Waals surface area contributed by atoms with E-state index < -0.39 is 5.91 Å². The maximum atomic E-state index is 12.7. The molecule has 0 saturated heterocycles. The summed E-state index contributed by atoms with van der Waals surface area (Å²) >= 11 is 0. The van der Waals surface area contributed by atoms with Gasteiger partial charge in [-0.15, -0.1) is 0 Å². The Morgan fingerprint density at radius 3 is 2.74 bits per heavy atom. The van der Waals surface area contributed by atoms with Crippen LogP contribution in [0.1, 0.15) is 5.69 Å². The second-order valence-corrected chi connectivity index (χ2v) is 6.08. The summed E-state index contributed by atoms with van der Waals surface area (Å²) in [4.78, 5) is 28.9. The molecule has 8 nitrogen and oxygen atoms in total. The lowest BCUT2D eigenvalue weighted by Gasteiger charge is -2.09. The Hall–Kier alpha value is -3.52. The third-order valence-corrected chi connectivity index (χ3v) is 4.27. The number of nitrogens with zero attached hydrogens (tertiary/aromatic N) is 4. The molecule has 0 saturated carbocycles. The number of amides is 1. The molecule has 0 atom stereocenters. The van der Waals surface area contributed by atoms with Crippen LogP contribution >= 0.6 is 0 Å². The minimum Gasteiger partial charge on any atom is -0.375 e. The zero-order valence-corrected chi connectivity index (χ0v) is 14.8. The monoisotopic (exact) mass is 363 g/mol. The highest BCUT2D eigenvalue weighted by atomic mass is 16.5. The van der Waals surface area contributed by atoms with Crippen molar-refractivity contribution in [2.75, 3.05) is 19.1 Å². The molecule has 0 fully saturated rings. The van der Waals surface area contributed by atoms with Crippen LogP contribution in [0.3, 0.4) is 0 Å². The summed E-state index contributed by atoms with van der Waals surface area (Å²) in [7, 11) is 1.41. The van der Waals surface area contributed by atoms with Gasteiger partial charge in [0.05, 0.1) is 16.6 Å². The number of aromatic nitrogens is 4. The predicted molar refractivity (Wildman–Crippen MR) is 101 cm³/mol. The number of carbonyl (C=O) groups excluding carboxylic acids is 1. The molecule has 3 aromatic heterocycles. The summed E-state index contributed by atoms with van der Waals surface area (Å²) < 4.78 is 7.54. The van der Waals surface area contributed by atoms with Crippen molar-refractivity contribution in [3.05, 3.63) is 64.8 Å². The second kappa shape index (κ2) is 6.65. The lowest BCUT2D eigenvalue weighted by molar-refractivity contribution is -0.120. The van der Waals surface area contributed by atoms with E-state index in [1.165, 1.54) is 19.5 Å². The summed E-state index contributed by atoms with van der Waals surface area (Å²) in [6.45, 7) is 1.77. The molecule has 0 aliphatic heterocycles. The van der Waals surface area contributed by atoms with Crippen molar-refractivity contribution in [2.24, 2.45) is 0 Å². The number of pyridine rings is 1. The Balaban J connectivity index is 1.89. The maximum Gasteiger partial charge on any atom is 0.280 e. The van der Waals surface area contributed by atoms with Crippen molar-refractivity contribution in [3.8, 4) is 11.1 Å². The SMILES string of the molecule is COCC(=O)Nn1ccc2c(cnc3c(-c4ccccc4)c(C)nn32)c1=O. The van der Waals surface area contributed by atoms with E-state index >= 15 is 0 Å². The van der Waals surface area contributed by atoms with Gasteiger partial charge in [-0.25, -0.2) is 14.2 Å². The van der Waals surface area contributed by atoms with E-state index in [0.29, 0.717) is 16.6 Å². The largest absolute Gasteiger partial charge is 0.375 e. The number of benzene rings is 1. The summed E-state index contributed by atoms with van der Waals surface area (Å²) in [6.07, 6.45) is 3.01. The highest BCUT2D eigenvalue weighted by Crippen LogP contribution is 2.28. The first kappa shape index (κ1) is 16.9. The molecule has 0 bridgehead atoms. The van der Waals surface area contributed by atoms with Gasteiger partial charge < -0.3 is 4.74 Å². The maximum absolute atomic E-state index is 12.7. The third kappa shape index (κ3) is 2.85. The Kier molecular flexibility index (Phi) is 4.17. The van der Waals surface area contributed by atoms with Gasteiger partial charge in [0.2, 0.25) is 0 Å². The van der Waals surface area contributed by atoms with Crippen LogP contribution in [-0.4, -0.2) is 38.9 Å². The van der Waals surface area contributed by atoms with Crippen LogP contribution in [0.2, 0.25) is 0 Å². The Bertz CT molecular complexity index is 1210. The molecule has 8 heteroatoms. The molecule has 136 valence electrons. The van der Waals surface area contributed by atoms with E-state index in [0.717, 1.165) is 21.5 Å². The summed E-state index contributed by atoms with van der Waals surface area (Å²) in [5, 5.41) is 4.93. The molecular formula is C19H17N5O3. The molecule has 0 aliphatic rings. The first-order valence-electron chi connectivity index (χ1n) is 8.34. The molecule has 0 radical (unpaired) electrons. The molecule has 1 aromatic carbocycles. The van der Waals surface area contributed by atoms with Gasteiger partial charge in [0.1, 0.15) is 6.61 Å². The summed E-state index contributed by atoms with van der Waals surface area (Å²) in [6, 6.07) is 11.6. The van der Waals surface area contributed by atoms with E-state index in [1.54, 1.807) is 10.6 Å². The van der Waals surface area contributed by atoms with Crippen molar-refractivity contribution in [1.29, 1.82) is 0 Å². The van der Waals surface area contributed by atoms with Crippen LogP contribution in [-0.2, 0) is 9.53 Å². The highest BCUT2D eigenvalue weighted by Gasteiger charge is 2.16.